The second-order valence-electron chi connectivity index (χ2n) is 6.33. The Balaban J connectivity index is 1.68. The summed E-state index contributed by atoms with van der Waals surface area (Å²) in [7, 11) is 2.08. The minimum atomic E-state index is -0.315. The molecule has 0 unspecified atom stereocenters. The smallest absolute Gasteiger partial charge is 0.291 e. The molecular weight excluding hydrogens is 309 g/mol. The number of benzene rings is 1. The fourth-order valence-electron chi connectivity index (χ4n) is 3.05. The summed E-state index contributed by atoms with van der Waals surface area (Å²) in [5.74, 6) is 0.111. The molecule has 2 heterocycles. The van der Waals surface area contributed by atoms with Gasteiger partial charge in [0.25, 0.3) is 5.91 Å². The predicted molar refractivity (Wildman–Crippen MR) is 88.6 cm³/mol. The van der Waals surface area contributed by atoms with Crippen LogP contribution in [0.5, 0.6) is 0 Å². The van der Waals surface area contributed by atoms with Crippen molar-refractivity contribution in [3.8, 4) is 5.69 Å². The van der Waals surface area contributed by atoms with E-state index in [1.807, 2.05) is 0 Å². The van der Waals surface area contributed by atoms with Gasteiger partial charge in [-0.25, -0.2) is 14.1 Å². The van der Waals surface area contributed by atoms with E-state index < -0.39 is 0 Å². The second-order valence-corrected chi connectivity index (χ2v) is 6.33. The number of likely N-dealkylation sites (N-methyl/N-ethyl adjacent to an activating group) is 1. The van der Waals surface area contributed by atoms with Crippen LogP contribution in [0.4, 0.5) is 4.39 Å². The van der Waals surface area contributed by atoms with Crippen molar-refractivity contribution in [2.24, 2.45) is 0 Å². The molecule has 1 saturated heterocycles. The van der Waals surface area contributed by atoms with Crippen LogP contribution in [0.1, 0.15) is 36.2 Å². The highest BCUT2D eigenvalue weighted by Crippen LogP contribution is 2.20. The Labute approximate surface area is 140 Å². The van der Waals surface area contributed by atoms with Crippen molar-refractivity contribution in [1.82, 2.24) is 25.0 Å². The van der Waals surface area contributed by atoms with Gasteiger partial charge in [0.05, 0.1) is 5.69 Å². The molecule has 1 aromatic carbocycles. The van der Waals surface area contributed by atoms with Crippen LogP contribution in [-0.4, -0.2) is 51.2 Å². The van der Waals surface area contributed by atoms with Gasteiger partial charge in [0.2, 0.25) is 5.82 Å². The third-order valence-corrected chi connectivity index (χ3v) is 4.73. The van der Waals surface area contributed by atoms with E-state index in [0.717, 1.165) is 12.8 Å². The molecule has 1 aromatic heterocycles. The Bertz CT molecular complexity index is 727. The lowest BCUT2D eigenvalue weighted by Crippen LogP contribution is -2.40. The number of carbonyl (C=O) groups is 1. The number of hydrogen-bond acceptors (Lipinski definition) is 4. The maximum absolute atomic E-state index is 13.0. The van der Waals surface area contributed by atoms with Crippen molar-refractivity contribution in [3.05, 3.63) is 41.7 Å². The monoisotopic (exact) mass is 331 g/mol. The number of likely N-dealkylation sites (tertiary alicyclic amines) is 1. The Morgan fingerprint density at radius 1 is 1.33 bits per heavy atom. The summed E-state index contributed by atoms with van der Waals surface area (Å²) in [6.07, 6.45) is 2.22. The number of nitrogens with one attached hydrogen (secondary N) is 1. The van der Waals surface area contributed by atoms with Gasteiger partial charge in [0.1, 0.15) is 11.6 Å². The molecule has 0 spiro atoms. The minimum absolute atomic E-state index is 0.130. The zero-order chi connectivity index (χ0) is 17.3. The third-order valence-electron chi connectivity index (χ3n) is 4.73. The molecule has 0 saturated carbocycles. The van der Waals surface area contributed by atoms with Crippen LogP contribution in [0, 0.1) is 12.7 Å². The Morgan fingerprint density at radius 3 is 2.67 bits per heavy atom. The SMILES string of the molecule is Cc1nc(C(=O)NC[C@@H]2CC[C@H](C)N2C)nn1-c1ccc(F)cc1. The normalized spacial score (nSPS) is 21.2. The number of rotatable bonds is 4. The van der Waals surface area contributed by atoms with E-state index in [4.69, 9.17) is 0 Å². The minimum Gasteiger partial charge on any atom is -0.348 e. The fraction of sp³-hybridized carbons (Fsp3) is 0.471. The number of nitrogens with zero attached hydrogens (tertiary/aromatic N) is 4. The van der Waals surface area contributed by atoms with Crippen molar-refractivity contribution in [2.75, 3.05) is 13.6 Å². The van der Waals surface area contributed by atoms with Gasteiger partial charge in [-0.2, -0.15) is 0 Å². The maximum Gasteiger partial charge on any atom is 0.291 e. The second kappa shape index (κ2) is 6.68. The molecule has 2 atom stereocenters. The lowest BCUT2D eigenvalue weighted by atomic mass is 10.2. The quantitative estimate of drug-likeness (QED) is 0.930. The topological polar surface area (TPSA) is 63.1 Å². The molecule has 1 aliphatic rings. The van der Waals surface area contributed by atoms with Crippen molar-refractivity contribution < 1.29 is 9.18 Å². The molecule has 0 aliphatic carbocycles. The molecule has 1 fully saturated rings. The van der Waals surface area contributed by atoms with E-state index in [9.17, 15) is 9.18 Å². The molecule has 24 heavy (non-hydrogen) atoms. The molecule has 128 valence electrons. The highest BCUT2D eigenvalue weighted by molar-refractivity contribution is 5.90. The summed E-state index contributed by atoms with van der Waals surface area (Å²) in [5, 5.41) is 7.16. The van der Waals surface area contributed by atoms with Crippen molar-refractivity contribution in [3.63, 3.8) is 0 Å². The number of aromatic nitrogens is 3. The van der Waals surface area contributed by atoms with E-state index in [1.165, 1.54) is 16.8 Å². The van der Waals surface area contributed by atoms with Gasteiger partial charge in [0.15, 0.2) is 0 Å². The van der Waals surface area contributed by atoms with E-state index in [1.54, 1.807) is 19.1 Å². The molecule has 1 N–H and O–H groups in total. The number of halogens is 1. The molecule has 1 amide bonds. The van der Waals surface area contributed by atoms with E-state index in [-0.39, 0.29) is 17.5 Å². The average molecular weight is 331 g/mol. The van der Waals surface area contributed by atoms with Crippen molar-refractivity contribution >= 4 is 5.91 Å². The summed E-state index contributed by atoms with van der Waals surface area (Å²) < 4.78 is 14.6. The Kier molecular flexibility index (Phi) is 4.62. The Hall–Kier alpha value is -2.28. The first-order valence-corrected chi connectivity index (χ1v) is 8.15. The predicted octanol–water partition coefficient (Wildman–Crippen LogP) is 1.93. The van der Waals surface area contributed by atoms with Gasteiger partial charge in [-0.1, -0.05) is 0 Å². The number of carbonyl (C=O) groups excluding carboxylic acids is 1. The summed E-state index contributed by atoms with van der Waals surface area (Å²) in [6, 6.07) is 6.82. The van der Waals surface area contributed by atoms with E-state index >= 15 is 0 Å². The summed E-state index contributed by atoms with van der Waals surface area (Å²) in [6.45, 7) is 4.54. The van der Waals surface area contributed by atoms with Gasteiger partial charge < -0.3 is 5.32 Å². The first kappa shape index (κ1) is 16.6. The van der Waals surface area contributed by atoms with E-state index in [2.05, 4.69) is 34.3 Å². The summed E-state index contributed by atoms with van der Waals surface area (Å²) in [5.41, 5.74) is 0.671. The highest BCUT2D eigenvalue weighted by atomic mass is 19.1. The lowest BCUT2D eigenvalue weighted by molar-refractivity contribution is 0.0930. The summed E-state index contributed by atoms with van der Waals surface area (Å²) >= 11 is 0. The molecular formula is C17H22FN5O. The van der Waals surface area contributed by atoms with Crippen LogP contribution in [0.15, 0.2) is 24.3 Å². The lowest BCUT2D eigenvalue weighted by Gasteiger charge is -2.23. The van der Waals surface area contributed by atoms with Gasteiger partial charge >= 0.3 is 0 Å². The molecule has 2 aromatic rings. The van der Waals surface area contributed by atoms with Crippen LogP contribution in [0.25, 0.3) is 5.69 Å². The van der Waals surface area contributed by atoms with Crippen LogP contribution < -0.4 is 5.32 Å². The highest BCUT2D eigenvalue weighted by Gasteiger charge is 2.27. The zero-order valence-electron chi connectivity index (χ0n) is 14.2. The van der Waals surface area contributed by atoms with Gasteiger partial charge in [-0.05, 0) is 58.0 Å². The van der Waals surface area contributed by atoms with Crippen LogP contribution in [0.2, 0.25) is 0 Å². The molecule has 3 rings (SSSR count). The zero-order valence-corrected chi connectivity index (χ0v) is 14.2. The first-order chi connectivity index (χ1) is 11.5. The molecule has 1 aliphatic heterocycles. The van der Waals surface area contributed by atoms with Crippen molar-refractivity contribution in [1.29, 1.82) is 0 Å². The van der Waals surface area contributed by atoms with Crippen LogP contribution in [0.3, 0.4) is 0 Å². The van der Waals surface area contributed by atoms with Gasteiger partial charge in [-0.15, -0.1) is 5.10 Å². The maximum atomic E-state index is 13.0. The summed E-state index contributed by atoms with van der Waals surface area (Å²) in [4.78, 5) is 18.8. The van der Waals surface area contributed by atoms with Gasteiger partial charge in [0, 0.05) is 18.6 Å². The van der Waals surface area contributed by atoms with Crippen LogP contribution in [-0.2, 0) is 0 Å². The Morgan fingerprint density at radius 2 is 2.04 bits per heavy atom. The molecule has 6 nitrogen and oxygen atoms in total. The fourth-order valence-corrected chi connectivity index (χ4v) is 3.05. The van der Waals surface area contributed by atoms with Crippen molar-refractivity contribution in [2.45, 2.75) is 38.8 Å². The number of amides is 1. The molecule has 0 bridgehead atoms. The third kappa shape index (κ3) is 3.31. The molecule has 7 heteroatoms. The van der Waals surface area contributed by atoms with Gasteiger partial charge in [-0.3, -0.25) is 9.69 Å². The number of aryl methyl sites for hydroxylation is 1. The number of hydrogen-bond donors (Lipinski definition) is 1. The standard InChI is InChI=1S/C17H22FN5O/c1-11-4-7-15(22(11)3)10-19-17(24)16-20-12(2)23(21-16)14-8-5-13(18)6-9-14/h5-6,8-9,11,15H,4,7,10H2,1-3H3,(H,19,24)/t11-,15-/m0/s1. The average Bonchev–Trinajstić information content (AvgIpc) is 3.10. The van der Waals surface area contributed by atoms with Crippen LogP contribution >= 0.6 is 0 Å². The largest absolute Gasteiger partial charge is 0.348 e. The van der Waals surface area contributed by atoms with E-state index in [0.29, 0.717) is 30.1 Å². The molecule has 0 radical (unpaired) electrons. The first-order valence-electron chi connectivity index (χ1n) is 8.15.